The summed E-state index contributed by atoms with van der Waals surface area (Å²) in [6, 6.07) is 2.02. The van der Waals surface area contributed by atoms with Gasteiger partial charge in [0.25, 0.3) is 0 Å². The maximum Gasteiger partial charge on any atom is 0.0635 e. The topological polar surface area (TPSA) is 45.1 Å². The minimum Gasteiger partial charge on any atom is -0.394 e. The van der Waals surface area contributed by atoms with Gasteiger partial charge in [-0.05, 0) is 27.9 Å². The molecule has 0 aliphatic carbocycles. The van der Waals surface area contributed by atoms with Crippen molar-refractivity contribution in [3.8, 4) is 0 Å². The second-order valence-electron chi connectivity index (χ2n) is 3.57. The lowest BCUT2D eigenvalue weighted by Crippen LogP contribution is -2.29. The first-order valence-corrected chi connectivity index (χ1v) is 5.40. The zero-order valence-corrected chi connectivity index (χ0v) is 9.95. The van der Waals surface area contributed by atoms with Gasteiger partial charge in [-0.25, -0.2) is 0 Å². The summed E-state index contributed by atoms with van der Waals surface area (Å²) in [6.45, 7) is 4.27. The van der Waals surface area contributed by atoms with Crippen molar-refractivity contribution in [1.82, 2.24) is 4.98 Å². The average Bonchev–Trinajstić information content (AvgIpc) is 2.14. The van der Waals surface area contributed by atoms with Crippen LogP contribution in [0.4, 0.5) is 5.69 Å². The van der Waals surface area contributed by atoms with E-state index in [2.05, 4.69) is 40.1 Å². The summed E-state index contributed by atoms with van der Waals surface area (Å²) in [4.78, 5) is 4.04. The van der Waals surface area contributed by atoms with Crippen LogP contribution in [0.15, 0.2) is 22.9 Å². The van der Waals surface area contributed by atoms with Gasteiger partial charge in [-0.15, -0.1) is 0 Å². The molecule has 0 aliphatic heterocycles. The van der Waals surface area contributed by atoms with Crippen LogP contribution < -0.4 is 5.32 Å². The summed E-state index contributed by atoms with van der Waals surface area (Å²) in [5, 5.41) is 12.4. The van der Waals surface area contributed by atoms with E-state index in [0.717, 1.165) is 10.2 Å². The number of pyridine rings is 1. The van der Waals surface area contributed by atoms with E-state index in [1.165, 1.54) is 0 Å². The summed E-state index contributed by atoms with van der Waals surface area (Å²) in [5.74, 6) is 0.388. The molecule has 3 nitrogen and oxygen atoms in total. The van der Waals surface area contributed by atoms with Gasteiger partial charge in [0.2, 0.25) is 0 Å². The predicted molar refractivity (Wildman–Crippen MR) is 61.3 cm³/mol. The van der Waals surface area contributed by atoms with Crippen molar-refractivity contribution in [1.29, 1.82) is 0 Å². The van der Waals surface area contributed by atoms with Crippen LogP contribution in [0.5, 0.6) is 0 Å². The van der Waals surface area contributed by atoms with E-state index in [-0.39, 0.29) is 12.6 Å². The first kappa shape index (κ1) is 11.5. The van der Waals surface area contributed by atoms with Crippen LogP contribution in [-0.2, 0) is 0 Å². The normalized spacial score (nSPS) is 12.9. The van der Waals surface area contributed by atoms with E-state index < -0.39 is 0 Å². The molecule has 0 aromatic carbocycles. The Kier molecular flexibility index (Phi) is 4.35. The molecule has 0 amide bonds. The molecule has 0 saturated carbocycles. The summed E-state index contributed by atoms with van der Waals surface area (Å²) in [6.07, 6.45) is 3.48. The molecular weight excluding hydrogens is 244 g/mol. The number of nitrogens with one attached hydrogen (secondary N) is 1. The van der Waals surface area contributed by atoms with Crippen LogP contribution in [-0.4, -0.2) is 22.7 Å². The fourth-order valence-electron chi connectivity index (χ4n) is 1.13. The van der Waals surface area contributed by atoms with Gasteiger partial charge in [0, 0.05) is 10.7 Å². The first-order chi connectivity index (χ1) is 6.63. The monoisotopic (exact) mass is 258 g/mol. The van der Waals surface area contributed by atoms with Gasteiger partial charge in [-0.1, -0.05) is 13.8 Å². The van der Waals surface area contributed by atoms with Crippen LogP contribution >= 0.6 is 15.9 Å². The number of hydrogen-bond acceptors (Lipinski definition) is 3. The van der Waals surface area contributed by atoms with Gasteiger partial charge in [0.1, 0.15) is 0 Å². The molecule has 1 rings (SSSR count). The first-order valence-electron chi connectivity index (χ1n) is 4.61. The van der Waals surface area contributed by atoms with Crippen molar-refractivity contribution in [3.05, 3.63) is 22.9 Å². The molecule has 1 aromatic rings. The molecule has 0 radical (unpaired) electrons. The fourth-order valence-corrected chi connectivity index (χ4v) is 1.49. The van der Waals surface area contributed by atoms with Gasteiger partial charge >= 0.3 is 0 Å². The highest BCUT2D eigenvalue weighted by Gasteiger charge is 2.11. The molecule has 0 aliphatic rings. The van der Waals surface area contributed by atoms with Gasteiger partial charge in [-0.2, -0.15) is 0 Å². The highest BCUT2D eigenvalue weighted by molar-refractivity contribution is 9.10. The van der Waals surface area contributed by atoms with Crippen LogP contribution in [0.2, 0.25) is 0 Å². The SMILES string of the molecule is CC(C)[C@@H](CO)Nc1cncc(Br)c1. The number of aliphatic hydroxyl groups excluding tert-OH is 1. The maximum absolute atomic E-state index is 9.13. The zero-order valence-electron chi connectivity index (χ0n) is 8.37. The lowest BCUT2D eigenvalue weighted by Gasteiger charge is -2.20. The maximum atomic E-state index is 9.13. The van der Waals surface area contributed by atoms with E-state index in [4.69, 9.17) is 5.11 Å². The third-order valence-corrected chi connectivity index (χ3v) is 2.49. The molecule has 0 bridgehead atoms. The average molecular weight is 259 g/mol. The number of aromatic nitrogens is 1. The molecule has 14 heavy (non-hydrogen) atoms. The minimum atomic E-state index is 0.0751. The number of aliphatic hydroxyl groups is 1. The second-order valence-corrected chi connectivity index (χ2v) is 4.48. The Morgan fingerprint density at radius 2 is 2.21 bits per heavy atom. The molecule has 0 saturated heterocycles. The summed E-state index contributed by atoms with van der Waals surface area (Å²) < 4.78 is 0.933. The number of halogens is 1. The quantitative estimate of drug-likeness (QED) is 0.871. The Morgan fingerprint density at radius 1 is 1.50 bits per heavy atom. The molecule has 0 spiro atoms. The largest absolute Gasteiger partial charge is 0.394 e. The van der Waals surface area contributed by atoms with Crippen LogP contribution in [0.3, 0.4) is 0 Å². The number of anilines is 1. The molecule has 78 valence electrons. The van der Waals surface area contributed by atoms with Gasteiger partial charge in [0.15, 0.2) is 0 Å². The van der Waals surface area contributed by atoms with Crippen LogP contribution in [0.25, 0.3) is 0 Å². The van der Waals surface area contributed by atoms with Gasteiger partial charge in [-0.3, -0.25) is 4.98 Å². The van der Waals surface area contributed by atoms with Gasteiger partial charge in [0.05, 0.1) is 24.5 Å². The van der Waals surface area contributed by atoms with E-state index >= 15 is 0 Å². The standard InChI is InChI=1S/C10H15BrN2O/c1-7(2)10(6-14)13-9-3-8(11)4-12-5-9/h3-5,7,10,13-14H,6H2,1-2H3/t10-/m1/s1. The van der Waals surface area contributed by atoms with Crippen molar-refractivity contribution >= 4 is 21.6 Å². The highest BCUT2D eigenvalue weighted by atomic mass is 79.9. The Bertz CT molecular complexity index is 291. The van der Waals surface area contributed by atoms with E-state index in [1.807, 2.05) is 6.07 Å². The van der Waals surface area contributed by atoms with Crippen molar-refractivity contribution < 1.29 is 5.11 Å². The summed E-state index contributed by atoms with van der Waals surface area (Å²) >= 11 is 3.35. The third-order valence-electron chi connectivity index (χ3n) is 2.06. The Morgan fingerprint density at radius 3 is 2.71 bits per heavy atom. The van der Waals surface area contributed by atoms with E-state index in [1.54, 1.807) is 12.4 Å². The molecule has 0 fully saturated rings. The van der Waals surface area contributed by atoms with Crippen molar-refractivity contribution in [2.75, 3.05) is 11.9 Å². The predicted octanol–water partition coefficient (Wildman–Crippen LogP) is 2.27. The van der Waals surface area contributed by atoms with Crippen molar-refractivity contribution in [3.63, 3.8) is 0 Å². The Balaban J connectivity index is 2.67. The lowest BCUT2D eigenvalue weighted by atomic mass is 10.1. The van der Waals surface area contributed by atoms with Gasteiger partial charge < -0.3 is 10.4 Å². The van der Waals surface area contributed by atoms with Crippen molar-refractivity contribution in [2.24, 2.45) is 5.92 Å². The van der Waals surface area contributed by atoms with Crippen LogP contribution in [0.1, 0.15) is 13.8 Å². The summed E-state index contributed by atoms with van der Waals surface area (Å²) in [7, 11) is 0. The van der Waals surface area contributed by atoms with Crippen molar-refractivity contribution in [2.45, 2.75) is 19.9 Å². The molecule has 0 unspecified atom stereocenters. The lowest BCUT2D eigenvalue weighted by molar-refractivity contribution is 0.249. The molecule has 1 atom stereocenters. The molecular formula is C10H15BrN2O. The zero-order chi connectivity index (χ0) is 10.6. The number of hydrogen-bond donors (Lipinski definition) is 2. The molecule has 2 N–H and O–H groups in total. The number of nitrogens with zero attached hydrogens (tertiary/aromatic N) is 1. The third kappa shape index (κ3) is 3.27. The highest BCUT2D eigenvalue weighted by Crippen LogP contribution is 2.16. The molecule has 1 aromatic heterocycles. The Labute approximate surface area is 92.7 Å². The fraction of sp³-hybridized carbons (Fsp3) is 0.500. The second kappa shape index (κ2) is 5.32. The van der Waals surface area contributed by atoms with Crippen LogP contribution in [0, 0.1) is 5.92 Å². The minimum absolute atomic E-state index is 0.0751. The molecule has 1 heterocycles. The van der Waals surface area contributed by atoms with E-state index in [0.29, 0.717) is 5.92 Å². The molecule has 4 heteroatoms. The number of rotatable bonds is 4. The summed E-state index contributed by atoms with van der Waals surface area (Å²) in [5.41, 5.74) is 0.923. The van der Waals surface area contributed by atoms with E-state index in [9.17, 15) is 0 Å². The Hall–Kier alpha value is -0.610. The smallest absolute Gasteiger partial charge is 0.0635 e.